The molecule has 6 heteroatoms. The summed E-state index contributed by atoms with van der Waals surface area (Å²) in [5.74, 6) is -1.15. The van der Waals surface area contributed by atoms with Crippen molar-refractivity contribution in [3.63, 3.8) is 0 Å². The van der Waals surface area contributed by atoms with E-state index in [1.807, 2.05) is 30.3 Å². The Balaban J connectivity index is 2.03. The minimum absolute atomic E-state index is 0.273. The lowest BCUT2D eigenvalue weighted by molar-refractivity contribution is -0.115. The molecule has 0 aromatic heterocycles. The van der Waals surface area contributed by atoms with E-state index in [1.54, 1.807) is 38.2 Å². The zero-order valence-corrected chi connectivity index (χ0v) is 14.9. The maximum Gasteiger partial charge on any atom is 0.337 e. The van der Waals surface area contributed by atoms with Gasteiger partial charge in [-0.25, -0.2) is 4.79 Å². The topological polar surface area (TPSA) is 75.7 Å². The molecule has 0 atom stereocenters. The number of ether oxygens (including phenoxy) is 1. The molecule has 26 heavy (non-hydrogen) atoms. The van der Waals surface area contributed by atoms with Gasteiger partial charge in [-0.05, 0) is 43.3 Å². The molecule has 6 nitrogen and oxygen atoms in total. The minimum atomic E-state index is -0.450. The van der Waals surface area contributed by atoms with E-state index in [4.69, 9.17) is 0 Å². The second-order valence-corrected chi connectivity index (χ2v) is 5.58. The van der Waals surface area contributed by atoms with Gasteiger partial charge in [0.25, 0.3) is 11.8 Å². The maximum absolute atomic E-state index is 12.3. The molecule has 0 aliphatic heterocycles. The highest BCUT2D eigenvalue weighted by molar-refractivity contribution is 6.10. The van der Waals surface area contributed by atoms with Crippen molar-refractivity contribution >= 4 is 29.2 Å². The number of rotatable bonds is 5. The van der Waals surface area contributed by atoms with E-state index in [2.05, 4.69) is 10.1 Å². The third kappa shape index (κ3) is 4.80. The number of nitrogens with one attached hydrogen (secondary N) is 1. The molecular formula is C20H20N2O4. The van der Waals surface area contributed by atoms with Gasteiger partial charge < -0.3 is 15.0 Å². The number of hydrogen-bond donors (Lipinski definition) is 1. The van der Waals surface area contributed by atoms with Crippen LogP contribution in [-0.2, 0) is 14.3 Å². The van der Waals surface area contributed by atoms with Crippen molar-refractivity contribution in [3.8, 4) is 0 Å². The summed E-state index contributed by atoms with van der Waals surface area (Å²) in [6.45, 7) is 1.56. The molecule has 2 aromatic carbocycles. The molecule has 0 saturated carbocycles. The zero-order chi connectivity index (χ0) is 19.1. The van der Waals surface area contributed by atoms with E-state index >= 15 is 0 Å². The molecule has 1 N–H and O–H groups in total. The molecule has 0 bridgehead atoms. The number of carbonyl (C=O) groups is 3. The van der Waals surface area contributed by atoms with Crippen LogP contribution in [0, 0.1) is 0 Å². The number of anilines is 2. The molecule has 0 aliphatic carbocycles. The van der Waals surface area contributed by atoms with Crippen molar-refractivity contribution < 1.29 is 19.1 Å². The molecule has 0 saturated heterocycles. The van der Waals surface area contributed by atoms with E-state index in [0.29, 0.717) is 11.3 Å². The lowest BCUT2D eigenvalue weighted by Gasteiger charge is -2.15. The number of esters is 1. The average Bonchev–Trinajstić information content (AvgIpc) is 2.67. The quantitative estimate of drug-likeness (QED) is 0.663. The standard InChI is InChI=1S/C20H20N2O4/c1-14(13-18(23)22(2)17-7-5-4-6-8-17)19(24)21-16-11-9-15(10-12-16)20(25)26-3/h4-13H,1-3H3,(H,21,24)/b14-13+. The molecule has 2 amide bonds. The molecule has 0 fully saturated rings. The number of amides is 2. The Hall–Kier alpha value is -3.41. The molecule has 2 rings (SSSR count). The Kier molecular flexibility index (Phi) is 6.27. The van der Waals surface area contributed by atoms with Crippen LogP contribution < -0.4 is 10.2 Å². The van der Waals surface area contributed by atoms with Crippen LogP contribution in [-0.4, -0.2) is 31.9 Å². The fourth-order valence-corrected chi connectivity index (χ4v) is 2.16. The molecule has 0 unspecified atom stereocenters. The van der Waals surface area contributed by atoms with Gasteiger partial charge in [0.05, 0.1) is 12.7 Å². The summed E-state index contributed by atoms with van der Waals surface area (Å²) in [5, 5.41) is 2.68. The van der Waals surface area contributed by atoms with Crippen molar-refractivity contribution in [2.75, 3.05) is 24.4 Å². The Labute approximate surface area is 152 Å². The summed E-state index contributed by atoms with van der Waals surface area (Å²) in [5.41, 5.74) is 1.91. The van der Waals surface area contributed by atoms with Crippen molar-refractivity contribution in [3.05, 3.63) is 71.8 Å². The number of nitrogens with zero attached hydrogens (tertiary/aromatic N) is 1. The fourth-order valence-electron chi connectivity index (χ4n) is 2.16. The number of carbonyl (C=O) groups excluding carboxylic acids is 3. The number of hydrogen-bond acceptors (Lipinski definition) is 4. The number of likely N-dealkylation sites (N-methyl/N-ethyl adjacent to an activating group) is 1. The first-order valence-corrected chi connectivity index (χ1v) is 7.93. The van der Waals surface area contributed by atoms with Crippen molar-refractivity contribution in [2.45, 2.75) is 6.92 Å². The van der Waals surface area contributed by atoms with Crippen molar-refractivity contribution in [1.82, 2.24) is 0 Å². The largest absolute Gasteiger partial charge is 0.465 e. The molecular weight excluding hydrogens is 332 g/mol. The van der Waals surface area contributed by atoms with Gasteiger partial charge in [0, 0.05) is 30.1 Å². The highest BCUT2D eigenvalue weighted by atomic mass is 16.5. The highest BCUT2D eigenvalue weighted by Crippen LogP contribution is 2.14. The second-order valence-electron chi connectivity index (χ2n) is 5.58. The first-order valence-electron chi connectivity index (χ1n) is 7.93. The lowest BCUT2D eigenvalue weighted by Crippen LogP contribution is -2.25. The summed E-state index contributed by atoms with van der Waals surface area (Å²) in [6.07, 6.45) is 1.28. The molecule has 134 valence electrons. The minimum Gasteiger partial charge on any atom is -0.465 e. The summed E-state index contributed by atoms with van der Waals surface area (Å²) in [6, 6.07) is 15.4. The Morgan fingerprint density at radius 1 is 1.00 bits per heavy atom. The normalized spacial score (nSPS) is 10.8. The summed E-state index contributed by atoms with van der Waals surface area (Å²) in [7, 11) is 2.94. The Bertz CT molecular complexity index is 827. The number of benzene rings is 2. The lowest BCUT2D eigenvalue weighted by atomic mass is 10.2. The van der Waals surface area contributed by atoms with Crippen molar-refractivity contribution in [1.29, 1.82) is 0 Å². The van der Waals surface area contributed by atoms with Gasteiger partial charge in [-0.15, -0.1) is 0 Å². The van der Waals surface area contributed by atoms with Gasteiger partial charge in [-0.2, -0.15) is 0 Å². The van der Waals surface area contributed by atoms with E-state index < -0.39 is 11.9 Å². The maximum atomic E-state index is 12.3. The van der Waals surface area contributed by atoms with Crippen LogP contribution >= 0.6 is 0 Å². The summed E-state index contributed by atoms with van der Waals surface area (Å²) < 4.78 is 4.62. The van der Waals surface area contributed by atoms with Gasteiger partial charge in [0.2, 0.25) is 0 Å². The molecule has 0 heterocycles. The smallest absolute Gasteiger partial charge is 0.337 e. The highest BCUT2D eigenvalue weighted by Gasteiger charge is 2.12. The van der Waals surface area contributed by atoms with Gasteiger partial charge in [0.15, 0.2) is 0 Å². The number of para-hydroxylation sites is 1. The predicted octanol–water partition coefficient (Wildman–Crippen LogP) is 3.02. The first kappa shape index (κ1) is 18.9. The number of methoxy groups -OCH3 is 1. The van der Waals surface area contributed by atoms with Gasteiger partial charge >= 0.3 is 5.97 Å². The third-order valence-corrected chi connectivity index (χ3v) is 3.74. The Morgan fingerprint density at radius 2 is 1.62 bits per heavy atom. The van der Waals surface area contributed by atoms with Crippen LogP contribution in [0.5, 0.6) is 0 Å². The zero-order valence-electron chi connectivity index (χ0n) is 14.9. The summed E-state index contributed by atoms with van der Waals surface area (Å²) >= 11 is 0. The van der Waals surface area contributed by atoms with E-state index in [1.165, 1.54) is 18.1 Å². The van der Waals surface area contributed by atoms with E-state index in [0.717, 1.165) is 5.69 Å². The average molecular weight is 352 g/mol. The predicted molar refractivity (Wildman–Crippen MR) is 100 cm³/mol. The van der Waals surface area contributed by atoms with Gasteiger partial charge in [-0.1, -0.05) is 18.2 Å². The van der Waals surface area contributed by atoms with Crippen LogP contribution in [0.2, 0.25) is 0 Å². The molecule has 0 radical (unpaired) electrons. The molecule has 0 spiro atoms. The van der Waals surface area contributed by atoms with Gasteiger partial charge in [0.1, 0.15) is 0 Å². The molecule has 2 aromatic rings. The SMILES string of the molecule is COC(=O)c1ccc(NC(=O)/C(C)=C/C(=O)N(C)c2ccccc2)cc1. The van der Waals surface area contributed by atoms with Crippen LogP contribution in [0.1, 0.15) is 17.3 Å². The van der Waals surface area contributed by atoms with Crippen molar-refractivity contribution in [2.24, 2.45) is 0 Å². The van der Waals surface area contributed by atoms with Crippen LogP contribution in [0.15, 0.2) is 66.2 Å². The monoisotopic (exact) mass is 352 g/mol. The fraction of sp³-hybridized carbons (Fsp3) is 0.150. The molecule has 0 aliphatic rings. The Morgan fingerprint density at radius 3 is 2.19 bits per heavy atom. The summed E-state index contributed by atoms with van der Waals surface area (Å²) in [4.78, 5) is 37.4. The van der Waals surface area contributed by atoms with Crippen LogP contribution in [0.4, 0.5) is 11.4 Å². The van der Waals surface area contributed by atoms with Crippen LogP contribution in [0.3, 0.4) is 0 Å². The van der Waals surface area contributed by atoms with Crippen LogP contribution in [0.25, 0.3) is 0 Å². The first-order chi connectivity index (χ1) is 12.4. The van der Waals surface area contributed by atoms with E-state index in [9.17, 15) is 14.4 Å². The van der Waals surface area contributed by atoms with Gasteiger partial charge in [-0.3, -0.25) is 9.59 Å². The third-order valence-electron chi connectivity index (χ3n) is 3.74. The second kappa shape index (κ2) is 8.62. The van der Waals surface area contributed by atoms with E-state index in [-0.39, 0.29) is 11.5 Å².